The third kappa shape index (κ3) is 0.841. The maximum Gasteiger partial charge on any atom is 0.0228 e. The average molecular weight is 184 g/mol. The first kappa shape index (κ1) is 8.28. The maximum atomic E-state index is 2.47. The largest absolute Gasteiger partial charge is 0.0766 e. The molecule has 1 saturated carbocycles. The molecule has 1 fully saturated rings. The van der Waals surface area contributed by atoms with Crippen LogP contribution in [0.5, 0.6) is 0 Å². The minimum atomic E-state index is 0.431. The predicted octanol–water partition coefficient (Wildman–Crippen LogP) is 3.64. The molecule has 0 nitrogen and oxygen atoms in total. The Balaban J connectivity index is 2.16. The zero-order valence-electron chi connectivity index (χ0n) is 9.04. The summed E-state index contributed by atoms with van der Waals surface area (Å²) in [6, 6.07) is 0. The smallest absolute Gasteiger partial charge is 0.0228 e. The summed E-state index contributed by atoms with van der Waals surface area (Å²) in [5, 5.41) is 0. The summed E-state index contributed by atoms with van der Waals surface area (Å²) in [6.45, 7) is 6.98. The Morgan fingerprint density at radius 3 is 2.79 bits per heavy atom. The van der Waals surface area contributed by atoms with Crippen molar-refractivity contribution in [3.63, 3.8) is 0 Å². The van der Waals surface area contributed by atoms with Gasteiger partial charge in [-0.3, -0.25) is 0 Å². The number of hydrogen-bond acceptors (Lipinski definition) is 0. The first-order valence-corrected chi connectivity index (χ1v) is 5.40. The minimum absolute atomic E-state index is 0.431. The highest BCUT2D eigenvalue weighted by Crippen LogP contribution is 2.64. The molecule has 3 aliphatic rings. The van der Waals surface area contributed by atoms with Crippen molar-refractivity contribution in [3.05, 3.63) is 47.1 Å². The highest BCUT2D eigenvalue weighted by Gasteiger charge is 2.54. The van der Waals surface area contributed by atoms with Gasteiger partial charge in [0.15, 0.2) is 0 Å². The molecule has 0 bridgehead atoms. The van der Waals surface area contributed by atoms with Crippen LogP contribution in [0.1, 0.15) is 20.8 Å². The Kier molecular flexibility index (Phi) is 1.36. The molecule has 0 aromatic rings. The molecule has 2 atom stereocenters. The standard InChI is InChI=1S/C14H16/c1-9-8-12-13(14(12,2)3)11-7-5-4-6-10(9)11/h4-8,10,12H,1-3H3/t10-,12?/m0/s1. The van der Waals surface area contributed by atoms with Crippen LogP contribution in [-0.2, 0) is 0 Å². The van der Waals surface area contributed by atoms with Crippen molar-refractivity contribution in [2.75, 3.05) is 0 Å². The van der Waals surface area contributed by atoms with E-state index in [9.17, 15) is 0 Å². The van der Waals surface area contributed by atoms with Gasteiger partial charge in [-0.25, -0.2) is 0 Å². The molecule has 0 aromatic carbocycles. The van der Waals surface area contributed by atoms with E-state index in [1.165, 1.54) is 5.57 Å². The second-order valence-electron chi connectivity index (χ2n) is 5.20. The Labute approximate surface area is 85.7 Å². The van der Waals surface area contributed by atoms with Gasteiger partial charge in [-0.15, -0.1) is 0 Å². The minimum Gasteiger partial charge on any atom is -0.0766 e. The molecule has 0 heteroatoms. The first-order chi connectivity index (χ1) is 6.62. The molecule has 0 aliphatic heterocycles. The lowest BCUT2D eigenvalue weighted by Crippen LogP contribution is -2.07. The molecule has 0 heterocycles. The quantitative estimate of drug-likeness (QED) is 0.504. The summed E-state index contributed by atoms with van der Waals surface area (Å²) in [5.41, 5.74) is 5.21. The fraction of sp³-hybridized carbons (Fsp3) is 0.429. The molecule has 0 aromatic heterocycles. The fourth-order valence-corrected chi connectivity index (χ4v) is 2.99. The van der Waals surface area contributed by atoms with Gasteiger partial charge >= 0.3 is 0 Å². The topological polar surface area (TPSA) is 0 Å². The van der Waals surface area contributed by atoms with Crippen molar-refractivity contribution in [2.24, 2.45) is 17.3 Å². The second-order valence-corrected chi connectivity index (χ2v) is 5.20. The van der Waals surface area contributed by atoms with E-state index in [1.807, 2.05) is 0 Å². The van der Waals surface area contributed by atoms with E-state index < -0.39 is 0 Å². The van der Waals surface area contributed by atoms with Crippen LogP contribution in [0.15, 0.2) is 47.1 Å². The van der Waals surface area contributed by atoms with E-state index in [-0.39, 0.29) is 0 Å². The summed E-state index contributed by atoms with van der Waals surface area (Å²) in [7, 11) is 0. The van der Waals surface area contributed by atoms with E-state index in [0.717, 1.165) is 5.92 Å². The lowest BCUT2D eigenvalue weighted by molar-refractivity contribution is 0.625. The van der Waals surface area contributed by atoms with Gasteiger partial charge in [0.1, 0.15) is 0 Å². The van der Waals surface area contributed by atoms with E-state index in [2.05, 4.69) is 51.2 Å². The lowest BCUT2D eigenvalue weighted by atomic mass is 9.84. The molecule has 3 aliphatic carbocycles. The van der Waals surface area contributed by atoms with Crippen LogP contribution in [-0.4, -0.2) is 0 Å². The average Bonchev–Trinajstić information content (AvgIpc) is 2.70. The highest BCUT2D eigenvalue weighted by molar-refractivity contribution is 5.57. The summed E-state index contributed by atoms with van der Waals surface area (Å²) >= 11 is 0. The van der Waals surface area contributed by atoms with Gasteiger partial charge in [-0.1, -0.05) is 55.4 Å². The maximum absolute atomic E-state index is 2.47. The SMILES string of the molecule is CC1=CC2C(=C3C=CC=C[C@@H]13)C2(C)C. The summed E-state index contributed by atoms with van der Waals surface area (Å²) in [5.74, 6) is 1.30. The van der Waals surface area contributed by atoms with E-state index in [0.29, 0.717) is 11.3 Å². The summed E-state index contributed by atoms with van der Waals surface area (Å²) in [6.07, 6.45) is 11.4. The van der Waals surface area contributed by atoms with Gasteiger partial charge in [0.05, 0.1) is 0 Å². The Bertz CT molecular complexity index is 413. The van der Waals surface area contributed by atoms with Crippen LogP contribution in [0.3, 0.4) is 0 Å². The number of hydrogen-bond donors (Lipinski definition) is 0. The molecule has 1 unspecified atom stereocenters. The Hall–Kier alpha value is -1.04. The van der Waals surface area contributed by atoms with Gasteiger partial charge in [-0.05, 0) is 17.9 Å². The molecular formula is C14H16. The Morgan fingerprint density at radius 2 is 2.00 bits per heavy atom. The molecule has 0 amide bonds. The van der Waals surface area contributed by atoms with Crippen molar-refractivity contribution in [1.82, 2.24) is 0 Å². The van der Waals surface area contributed by atoms with E-state index >= 15 is 0 Å². The van der Waals surface area contributed by atoms with Gasteiger partial charge in [0.2, 0.25) is 0 Å². The van der Waals surface area contributed by atoms with Crippen LogP contribution >= 0.6 is 0 Å². The van der Waals surface area contributed by atoms with Crippen molar-refractivity contribution in [1.29, 1.82) is 0 Å². The zero-order valence-corrected chi connectivity index (χ0v) is 9.04. The van der Waals surface area contributed by atoms with Crippen LogP contribution in [0.2, 0.25) is 0 Å². The number of fused-ring (bicyclic) bond motifs is 2. The van der Waals surface area contributed by atoms with Gasteiger partial charge in [0.25, 0.3) is 0 Å². The molecule has 0 radical (unpaired) electrons. The van der Waals surface area contributed by atoms with E-state index in [1.54, 1.807) is 11.1 Å². The normalized spacial score (nSPS) is 36.4. The van der Waals surface area contributed by atoms with Gasteiger partial charge in [-0.2, -0.15) is 0 Å². The monoisotopic (exact) mass is 184 g/mol. The molecular weight excluding hydrogens is 168 g/mol. The molecule has 0 saturated heterocycles. The van der Waals surface area contributed by atoms with Crippen molar-refractivity contribution in [3.8, 4) is 0 Å². The van der Waals surface area contributed by atoms with Crippen LogP contribution < -0.4 is 0 Å². The summed E-state index contributed by atoms with van der Waals surface area (Å²) in [4.78, 5) is 0. The van der Waals surface area contributed by atoms with Gasteiger partial charge in [0, 0.05) is 11.8 Å². The Morgan fingerprint density at radius 1 is 1.21 bits per heavy atom. The number of allylic oxidation sites excluding steroid dienone is 8. The van der Waals surface area contributed by atoms with Crippen LogP contribution in [0, 0.1) is 17.3 Å². The first-order valence-electron chi connectivity index (χ1n) is 5.40. The van der Waals surface area contributed by atoms with Crippen molar-refractivity contribution < 1.29 is 0 Å². The molecule has 14 heavy (non-hydrogen) atoms. The second kappa shape index (κ2) is 2.31. The number of rotatable bonds is 0. The third-order valence-corrected chi connectivity index (χ3v) is 3.96. The molecule has 0 spiro atoms. The zero-order chi connectivity index (χ0) is 9.92. The van der Waals surface area contributed by atoms with Gasteiger partial charge < -0.3 is 0 Å². The lowest BCUT2D eigenvalue weighted by Gasteiger charge is -2.20. The van der Waals surface area contributed by atoms with E-state index in [4.69, 9.17) is 0 Å². The van der Waals surface area contributed by atoms with Crippen LogP contribution in [0.4, 0.5) is 0 Å². The highest BCUT2D eigenvalue weighted by atomic mass is 14.6. The molecule has 0 N–H and O–H groups in total. The fourth-order valence-electron chi connectivity index (χ4n) is 2.99. The van der Waals surface area contributed by atoms with Crippen molar-refractivity contribution in [2.45, 2.75) is 20.8 Å². The predicted molar refractivity (Wildman–Crippen MR) is 59.8 cm³/mol. The van der Waals surface area contributed by atoms with Crippen LogP contribution in [0.25, 0.3) is 0 Å². The molecule has 72 valence electrons. The molecule has 3 rings (SSSR count). The third-order valence-electron chi connectivity index (χ3n) is 3.96. The summed E-state index contributed by atoms with van der Waals surface area (Å²) < 4.78 is 0. The van der Waals surface area contributed by atoms with Crippen molar-refractivity contribution >= 4 is 0 Å².